The van der Waals surface area contributed by atoms with E-state index in [1.165, 1.54) is 6.07 Å². The third-order valence-corrected chi connectivity index (χ3v) is 3.20. The topological polar surface area (TPSA) is 26.0 Å². The van der Waals surface area contributed by atoms with E-state index in [1.54, 1.807) is 23.9 Å². The van der Waals surface area contributed by atoms with Crippen LogP contribution < -0.4 is 5.73 Å². The number of hydrogen-bond acceptors (Lipinski definition) is 2. The molecule has 0 aliphatic rings. The maximum absolute atomic E-state index is 13.4. The molecule has 0 aromatic heterocycles. The summed E-state index contributed by atoms with van der Waals surface area (Å²) >= 11 is 1.57. The van der Waals surface area contributed by atoms with Crippen LogP contribution in [0.1, 0.15) is 26.7 Å². The predicted molar refractivity (Wildman–Crippen MR) is 61.0 cm³/mol. The van der Waals surface area contributed by atoms with Crippen molar-refractivity contribution in [3.05, 3.63) is 24.0 Å². The first-order valence-electron chi connectivity index (χ1n) is 4.85. The van der Waals surface area contributed by atoms with E-state index in [1.807, 2.05) is 0 Å². The molecule has 2 N–H and O–H groups in total. The summed E-state index contributed by atoms with van der Waals surface area (Å²) in [5.74, 6) is -0.210. The average molecular weight is 213 g/mol. The van der Waals surface area contributed by atoms with Crippen LogP contribution in [0.5, 0.6) is 0 Å². The van der Waals surface area contributed by atoms with Crippen LogP contribution in [0.3, 0.4) is 0 Å². The van der Waals surface area contributed by atoms with Crippen molar-refractivity contribution >= 4 is 17.4 Å². The zero-order valence-electron chi connectivity index (χ0n) is 8.59. The van der Waals surface area contributed by atoms with Crippen molar-refractivity contribution in [3.63, 3.8) is 0 Å². The number of hydrogen-bond donors (Lipinski definition) is 1. The van der Waals surface area contributed by atoms with Crippen LogP contribution in [0.2, 0.25) is 0 Å². The molecule has 1 unspecified atom stereocenters. The van der Waals surface area contributed by atoms with Crippen LogP contribution >= 0.6 is 11.8 Å². The Morgan fingerprint density at radius 2 is 2.21 bits per heavy atom. The Balaban J connectivity index is 2.67. The molecule has 1 atom stereocenters. The van der Waals surface area contributed by atoms with E-state index in [2.05, 4.69) is 13.8 Å². The van der Waals surface area contributed by atoms with Gasteiger partial charge in [-0.3, -0.25) is 0 Å². The molecule has 78 valence electrons. The normalized spacial score (nSPS) is 12.8. The second kappa shape index (κ2) is 5.25. The number of thioether (sulfide) groups is 1. The summed E-state index contributed by atoms with van der Waals surface area (Å²) in [5, 5.41) is 0.457. The average Bonchev–Trinajstić information content (AvgIpc) is 2.10. The molecule has 0 bridgehead atoms. The molecule has 3 heteroatoms. The molecule has 0 heterocycles. The molecule has 0 amide bonds. The lowest BCUT2D eigenvalue weighted by atomic mass is 10.3. The van der Waals surface area contributed by atoms with Crippen molar-refractivity contribution in [1.82, 2.24) is 0 Å². The minimum atomic E-state index is -0.210. The summed E-state index contributed by atoms with van der Waals surface area (Å²) in [5.41, 5.74) is 5.95. The second-order valence-corrected chi connectivity index (χ2v) is 4.89. The maximum Gasteiger partial charge on any atom is 0.138 e. The molecular formula is C11H16FNS. The number of halogens is 1. The predicted octanol–water partition coefficient (Wildman–Crippen LogP) is 3.69. The van der Waals surface area contributed by atoms with E-state index in [-0.39, 0.29) is 5.82 Å². The molecule has 0 saturated carbocycles. The van der Waals surface area contributed by atoms with Gasteiger partial charge in [0.1, 0.15) is 5.82 Å². The van der Waals surface area contributed by atoms with Crippen molar-refractivity contribution in [3.8, 4) is 0 Å². The summed E-state index contributed by atoms with van der Waals surface area (Å²) in [6.07, 6.45) is 2.24. The van der Waals surface area contributed by atoms with Crippen molar-refractivity contribution in [1.29, 1.82) is 0 Å². The fourth-order valence-corrected chi connectivity index (χ4v) is 2.40. The minimum absolute atomic E-state index is 0.210. The van der Waals surface area contributed by atoms with Crippen molar-refractivity contribution in [2.24, 2.45) is 0 Å². The molecule has 0 spiro atoms. The van der Waals surface area contributed by atoms with E-state index >= 15 is 0 Å². The molecule has 0 radical (unpaired) electrons. The first kappa shape index (κ1) is 11.4. The third kappa shape index (κ3) is 3.22. The molecule has 0 fully saturated rings. The van der Waals surface area contributed by atoms with Gasteiger partial charge in [-0.05, 0) is 24.6 Å². The monoisotopic (exact) mass is 213 g/mol. The summed E-state index contributed by atoms with van der Waals surface area (Å²) in [7, 11) is 0. The van der Waals surface area contributed by atoms with Gasteiger partial charge >= 0.3 is 0 Å². The van der Waals surface area contributed by atoms with Crippen molar-refractivity contribution < 1.29 is 4.39 Å². The Kier molecular flexibility index (Phi) is 4.26. The lowest BCUT2D eigenvalue weighted by molar-refractivity contribution is 0.602. The number of nitrogens with two attached hydrogens (primary N) is 1. The van der Waals surface area contributed by atoms with Crippen LogP contribution in [-0.4, -0.2) is 5.25 Å². The highest BCUT2D eigenvalue weighted by Crippen LogP contribution is 2.29. The van der Waals surface area contributed by atoms with Crippen LogP contribution in [0.25, 0.3) is 0 Å². The molecule has 1 rings (SSSR count). The molecule has 1 nitrogen and oxygen atoms in total. The van der Waals surface area contributed by atoms with Gasteiger partial charge in [-0.2, -0.15) is 0 Å². The molecule has 0 aliphatic carbocycles. The lowest BCUT2D eigenvalue weighted by Crippen LogP contribution is -1.96. The Labute approximate surface area is 88.9 Å². The standard InChI is InChI=1S/C11H16FNS/c1-3-4-8(2)14-11-6-5-9(13)7-10(11)12/h5-8H,3-4,13H2,1-2H3. The quantitative estimate of drug-likeness (QED) is 0.609. The third-order valence-electron chi connectivity index (χ3n) is 1.98. The summed E-state index contributed by atoms with van der Waals surface area (Å²) < 4.78 is 13.4. The van der Waals surface area contributed by atoms with E-state index in [9.17, 15) is 4.39 Å². The summed E-state index contributed by atoms with van der Waals surface area (Å²) in [6, 6.07) is 4.87. The van der Waals surface area contributed by atoms with Gasteiger partial charge in [-0.15, -0.1) is 11.8 Å². The van der Waals surface area contributed by atoms with E-state index in [4.69, 9.17) is 5.73 Å². The number of benzene rings is 1. The molecule has 1 aromatic rings. The summed E-state index contributed by atoms with van der Waals surface area (Å²) in [6.45, 7) is 4.25. The fourth-order valence-electron chi connectivity index (χ4n) is 1.29. The number of rotatable bonds is 4. The zero-order valence-corrected chi connectivity index (χ0v) is 9.40. The Bertz CT molecular complexity index is 301. The van der Waals surface area contributed by atoms with Gasteiger partial charge in [0.25, 0.3) is 0 Å². The largest absolute Gasteiger partial charge is 0.399 e. The van der Waals surface area contributed by atoms with Gasteiger partial charge < -0.3 is 5.73 Å². The Morgan fingerprint density at radius 3 is 2.79 bits per heavy atom. The van der Waals surface area contributed by atoms with E-state index < -0.39 is 0 Å². The van der Waals surface area contributed by atoms with E-state index in [0.29, 0.717) is 15.8 Å². The fraction of sp³-hybridized carbons (Fsp3) is 0.455. The first-order valence-corrected chi connectivity index (χ1v) is 5.73. The highest BCUT2D eigenvalue weighted by Gasteiger charge is 2.07. The van der Waals surface area contributed by atoms with Gasteiger partial charge in [-0.25, -0.2) is 4.39 Å². The van der Waals surface area contributed by atoms with Gasteiger partial charge in [0.15, 0.2) is 0 Å². The SMILES string of the molecule is CCCC(C)Sc1ccc(N)cc1F. The number of nitrogen functional groups attached to an aromatic ring is 1. The molecule has 1 aromatic carbocycles. The second-order valence-electron chi connectivity index (χ2n) is 3.41. The molecular weight excluding hydrogens is 197 g/mol. The van der Waals surface area contributed by atoms with Crippen LogP contribution in [0.15, 0.2) is 23.1 Å². The maximum atomic E-state index is 13.4. The number of anilines is 1. The smallest absolute Gasteiger partial charge is 0.138 e. The highest BCUT2D eigenvalue weighted by atomic mass is 32.2. The zero-order chi connectivity index (χ0) is 10.6. The molecule has 0 saturated heterocycles. The van der Waals surface area contributed by atoms with Gasteiger partial charge in [-0.1, -0.05) is 20.3 Å². The molecule has 14 heavy (non-hydrogen) atoms. The van der Waals surface area contributed by atoms with Crippen molar-refractivity contribution in [2.45, 2.75) is 36.8 Å². The lowest BCUT2D eigenvalue weighted by Gasteiger charge is -2.10. The van der Waals surface area contributed by atoms with Gasteiger partial charge in [0.05, 0.1) is 0 Å². The Morgan fingerprint density at radius 1 is 1.50 bits per heavy atom. The molecule has 0 aliphatic heterocycles. The van der Waals surface area contributed by atoms with Crippen LogP contribution in [-0.2, 0) is 0 Å². The van der Waals surface area contributed by atoms with Crippen molar-refractivity contribution in [2.75, 3.05) is 5.73 Å². The van der Waals surface area contributed by atoms with Gasteiger partial charge in [0.2, 0.25) is 0 Å². The van der Waals surface area contributed by atoms with Crippen LogP contribution in [0, 0.1) is 5.82 Å². The van der Waals surface area contributed by atoms with E-state index in [0.717, 1.165) is 12.8 Å². The minimum Gasteiger partial charge on any atom is -0.399 e. The Hall–Kier alpha value is -0.700. The first-order chi connectivity index (χ1) is 6.63. The van der Waals surface area contributed by atoms with Crippen LogP contribution in [0.4, 0.5) is 10.1 Å². The van der Waals surface area contributed by atoms with Gasteiger partial charge in [0, 0.05) is 15.8 Å². The summed E-state index contributed by atoms with van der Waals surface area (Å²) in [4.78, 5) is 0.695. The highest BCUT2D eigenvalue weighted by molar-refractivity contribution is 7.99.